The van der Waals surface area contributed by atoms with E-state index in [4.69, 9.17) is 21.1 Å². The van der Waals surface area contributed by atoms with Gasteiger partial charge in [0, 0.05) is 12.0 Å². The fourth-order valence-corrected chi connectivity index (χ4v) is 1.71. The Kier molecular flexibility index (Phi) is 3.23. The third-order valence-corrected chi connectivity index (χ3v) is 2.71. The number of rotatable bonds is 3. The number of hydrogen-bond donors (Lipinski definition) is 0. The van der Waals surface area contributed by atoms with Crippen molar-refractivity contribution >= 4 is 17.9 Å². The van der Waals surface area contributed by atoms with Crippen molar-refractivity contribution in [3.05, 3.63) is 28.8 Å². The second-order valence-electron chi connectivity index (χ2n) is 3.38. The molecule has 1 saturated heterocycles. The van der Waals surface area contributed by atoms with E-state index in [1.165, 1.54) is 0 Å². The first-order valence-electron chi connectivity index (χ1n) is 4.79. The second-order valence-corrected chi connectivity index (χ2v) is 3.76. The highest BCUT2D eigenvalue weighted by Gasteiger charge is 2.18. The van der Waals surface area contributed by atoms with Gasteiger partial charge in [0.25, 0.3) is 0 Å². The lowest BCUT2D eigenvalue weighted by molar-refractivity contribution is 0.112. The first kappa shape index (κ1) is 10.5. The molecule has 0 bridgehead atoms. The summed E-state index contributed by atoms with van der Waals surface area (Å²) in [6, 6.07) is 5.17. The SMILES string of the molecule is O=Cc1cccc(OC2CCOC2)c1Cl. The molecule has 0 spiro atoms. The van der Waals surface area contributed by atoms with Gasteiger partial charge >= 0.3 is 0 Å². The molecular weight excluding hydrogens is 216 g/mol. The summed E-state index contributed by atoms with van der Waals surface area (Å²) in [6.45, 7) is 1.30. The monoisotopic (exact) mass is 226 g/mol. The average Bonchev–Trinajstić information content (AvgIpc) is 2.74. The number of hydrogen-bond acceptors (Lipinski definition) is 3. The van der Waals surface area contributed by atoms with E-state index in [-0.39, 0.29) is 6.10 Å². The summed E-state index contributed by atoms with van der Waals surface area (Å²) in [5.74, 6) is 0.553. The molecular formula is C11H11ClO3. The molecule has 2 rings (SSSR count). The van der Waals surface area contributed by atoms with E-state index in [2.05, 4.69) is 0 Å². The lowest BCUT2D eigenvalue weighted by Crippen LogP contribution is -2.16. The number of carbonyl (C=O) groups is 1. The van der Waals surface area contributed by atoms with E-state index in [1.54, 1.807) is 18.2 Å². The maximum atomic E-state index is 10.7. The van der Waals surface area contributed by atoms with Crippen LogP contribution in [0.25, 0.3) is 0 Å². The van der Waals surface area contributed by atoms with Crippen molar-refractivity contribution < 1.29 is 14.3 Å². The van der Waals surface area contributed by atoms with Crippen LogP contribution in [0.1, 0.15) is 16.8 Å². The molecule has 0 amide bonds. The van der Waals surface area contributed by atoms with Gasteiger partial charge in [-0.3, -0.25) is 4.79 Å². The van der Waals surface area contributed by atoms with Crippen LogP contribution in [0.5, 0.6) is 5.75 Å². The van der Waals surface area contributed by atoms with Crippen molar-refractivity contribution in [3.8, 4) is 5.75 Å². The first-order chi connectivity index (χ1) is 7.31. The van der Waals surface area contributed by atoms with E-state index >= 15 is 0 Å². The molecule has 0 N–H and O–H groups in total. The Morgan fingerprint density at radius 3 is 3.07 bits per heavy atom. The highest BCUT2D eigenvalue weighted by Crippen LogP contribution is 2.28. The van der Waals surface area contributed by atoms with Gasteiger partial charge in [0.05, 0.1) is 18.2 Å². The summed E-state index contributed by atoms with van der Waals surface area (Å²) in [5.41, 5.74) is 0.452. The van der Waals surface area contributed by atoms with Crippen molar-refractivity contribution in [2.24, 2.45) is 0 Å². The third-order valence-electron chi connectivity index (χ3n) is 2.30. The van der Waals surface area contributed by atoms with Gasteiger partial charge in [0.1, 0.15) is 11.9 Å². The standard InChI is InChI=1S/C11H11ClO3/c12-11-8(6-13)2-1-3-10(11)15-9-4-5-14-7-9/h1-3,6,9H,4-5,7H2. The summed E-state index contributed by atoms with van der Waals surface area (Å²) in [6.07, 6.45) is 1.63. The molecule has 1 heterocycles. The molecule has 0 aromatic heterocycles. The molecule has 1 atom stereocenters. The van der Waals surface area contributed by atoms with Gasteiger partial charge in [0.2, 0.25) is 0 Å². The first-order valence-corrected chi connectivity index (χ1v) is 5.17. The largest absolute Gasteiger partial charge is 0.486 e. The molecule has 0 saturated carbocycles. The molecule has 1 fully saturated rings. The zero-order chi connectivity index (χ0) is 10.7. The third kappa shape index (κ3) is 2.30. The molecule has 1 aromatic rings. The average molecular weight is 227 g/mol. The molecule has 4 heteroatoms. The highest BCUT2D eigenvalue weighted by atomic mass is 35.5. The fourth-order valence-electron chi connectivity index (χ4n) is 1.50. The van der Waals surface area contributed by atoms with Crippen molar-refractivity contribution in [2.45, 2.75) is 12.5 Å². The van der Waals surface area contributed by atoms with Crippen LogP contribution in [0.3, 0.4) is 0 Å². The van der Waals surface area contributed by atoms with Crippen LogP contribution < -0.4 is 4.74 Å². The predicted molar refractivity (Wildman–Crippen MR) is 56.7 cm³/mol. The normalized spacial score (nSPS) is 20.2. The maximum Gasteiger partial charge on any atom is 0.151 e. The summed E-state index contributed by atoms with van der Waals surface area (Å²) >= 11 is 5.99. The Hall–Kier alpha value is -1.06. The van der Waals surface area contributed by atoms with Crippen LogP contribution in [0.15, 0.2) is 18.2 Å². The van der Waals surface area contributed by atoms with E-state index in [9.17, 15) is 4.79 Å². The van der Waals surface area contributed by atoms with E-state index in [0.717, 1.165) is 19.3 Å². The Morgan fingerprint density at radius 2 is 2.40 bits per heavy atom. The van der Waals surface area contributed by atoms with E-state index in [0.29, 0.717) is 22.9 Å². The zero-order valence-corrected chi connectivity index (χ0v) is 8.87. The topological polar surface area (TPSA) is 35.5 Å². The van der Waals surface area contributed by atoms with Gasteiger partial charge in [0.15, 0.2) is 6.29 Å². The van der Waals surface area contributed by atoms with Crippen molar-refractivity contribution in [1.82, 2.24) is 0 Å². The minimum atomic E-state index is 0.0457. The number of aldehydes is 1. The van der Waals surface area contributed by atoms with Crippen LogP contribution in [-0.4, -0.2) is 25.6 Å². The molecule has 1 aromatic carbocycles. The smallest absolute Gasteiger partial charge is 0.151 e. The summed E-state index contributed by atoms with van der Waals surface area (Å²) in [7, 11) is 0. The molecule has 0 radical (unpaired) electrons. The minimum absolute atomic E-state index is 0.0457. The van der Waals surface area contributed by atoms with Crippen LogP contribution in [0.4, 0.5) is 0 Å². The molecule has 15 heavy (non-hydrogen) atoms. The minimum Gasteiger partial charge on any atom is -0.486 e. The molecule has 1 aliphatic heterocycles. The summed E-state index contributed by atoms with van der Waals surface area (Å²) in [4.78, 5) is 10.7. The van der Waals surface area contributed by atoms with Crippen LogP contribution in [0, 0.1) is 0 Å². The lowest BCUT2D eigenvalue weighted by Gasteiger charge is -2.13. The van der Waals surface area contributed by atoms with Gasteiger partial charge in [-0.25, -0.2) is 0 Å². The van der Waals surface area contributed by atoms with Crippen molar-refractivity contribution in [3.63, 3.8) is 0 Å². The highest BCUT2D eigenvalue weighted by molar-refractivity contribution is 6.34. The number of ether oxygens (including phenoxy) is 2. The summed E-state index contributed by atoms with van der Waals surface area (Å²) in [5, 5.41) is 0.374. The quantitative estimate of drug-likeness (QED) is 0.742. The Bertz CT molecular complexity index is 359. The van der Waals surface area contributed by atoms with E-state index < -0.39 is 0 Å². The lowest BCUT2D eigenvalue weighted by atomic mass is 10.2. The van der Waals surface area contributed by atoms with E-state index in [1.807, 2.05) is 0 Å². The molecule has 80 valence electrons. The van der Waals surface area contributed by atoms with Gasteiger partial charge in [-0.05, 0) is 12.1 Å². The zero-order valence-electron chi connectivity index (χ0n) is 8.11. The Balaban J connectivity index is 2.16. The Morgan fingerprint density at radius 1 is 1.53 bits per heavy atom. The number of halogens is 1. The van der Waals surface area contributed by atoms with Crippen molar-refractivity contribution in [2.75, 3.05) is 13.2 Å². The van der Waals surface area contributed by atoms with Crippen LogP contribution in [0.2, 0.25) is 5.02 Å². The number of benzene rings is 1. The van der Waals surface area contributed by atoms with Gasteiger partial charge in [-0.1, -0.05) is 17.7 Å². The maximum absolute atomic E-state index is 10.7. The Labute approximate surface area is 92.9 Å². The van der Waals surface area contributed by atoms with Gasteiger partial charge in [-0.15, -0.1) is 0 Å². The van der Waals surface area contributed by atoms with Crippen LogP contribution in [-0.2, 0) is 4.74 Å². The fraction of sp³-hybridized carbons (Fsp3) is 0.364. The number of carbonyl (C=O) groups excluding carboxylic acids is 1. The van der Waals surface area contributed by atoms with Gasteiger partial charge < -0.3 is 9.47 Å². The molecule has 3 nitrogen and oxygen atoms in total. The van der Waals surface area contributed by atoms with Gasteiger partial charge in [-0.2, -0.15) is 0 Å². The van der Waals surface area contributed by atoms with Crippen molar-refractivity contribution in [1.29, 1.82) is 0 Å². The van der Waals surface area contributed by atoms with Crippen LogP contribution >= 0.6 is 11.6 Å². The molecule has 1 unspecified atom stereocenters. The second kappa shape index (κ2) is 4.64. The summed E-state index contributed by atoms with van der Waals surface area (Å²) < 4.78 is 10.8. The predicted octanol–water partition coefficient (Wildman–Crippen LogP) is 2.32. The molecule has 1 aliphatic rings. The molecule has 0 aliphatic carbocycles.